The fraction of sp³-hybridized carbons (Fsp3) is 0.421. The molecule has 0 unspecified atom stereocenters. The van der Waals surface area contributed by atoms with Crippen LogP contribution in [-0.2, 0) is 19.6 Å². The quantitative estimate of drug-likeness (QED) is 0.719. The molecule has 2 aromatic heterocycles. The SMILES string of the molecule is COc1cccc(CN2CCn3c(nc4c(cnn4C(C)C)c3=O)C2)c1. The summed E-state index contributed by atoms with van der Waals surface area (Å²) in [6.07, 6.45) is 1.64. The van der Waals surface area contributed by atoms with Gasteiger partial charge in [0.2, 0.25) is 0 Å². The van der Waals surface area contributed by atoms with Crippen LogP contribution in [0.15, 0.2) is 35.3 Å². The third kappa shape index (κ3) is 2.88. The molecule has 0 radical (unpaired) electrons. The minimum atomic E-state index is 0.0120. The van der Waals surface area contributed by atoms with Crippen LogP contribution in [-0.4, -0.2) is 37.9 Å². The topological polar surface area (TPSA) is 65.2 Å². The predicted molar refractivity (Wildman–Crippen MR) is 99.3 cm³/mol. The molecular weight excluding hydrogens is 330 g/mol. The lowest BCUT2D eigenvalue weighted by Crippen LogP contribution is -2.39. The van der Waals surface area contributed by atoms with Gasteiger partial charge < -0.3 is 4.74 Å². The fourth-order valence-electron chi connectivity index (χ4n) is 3.48. The van der Waals surface area contributed by atoms with Gasteiger partial charge in [-0.3, -0.25) is 14.3 Å². The van der Waals surface area contributed by atoms with Crippen LogP contribution in [0, 0.1) is 0 Å². The first-order valence-corrected chi connectivity index (χ1v) is 8.89. The third-order valence-corrected chi connectivity index (χ3v) is 4.83. The summed E-state index contributed by atoms with van der Waals surface area (Å²) >= 11 is 0. The van der Waals surface area contributed by atoms with E-state index in [1.54, 1.807) is 17.9 Å². The smallest absolute Gasteiger partial charge is 0.264 e. The van der Waals surface area contributed by atoms with Crippen LogP contribution in [0.2, 0.25) is 0 Å². The molecule has 1 aliphatic rings. The molecule has 7 nitrogen and oxygen atoms in total. The number of hydrogen-bond donors (Lipinski definition) is 0. The van der Waals surface area contributed by atoms with Gasteiger partial charge >= 0.3 is 0 Å². The summed E-state index contributed by atoms with van der Waals surface area (Å²) in [5, 5.41) is 4.95. The van der Waals surface area contributed by atoms with Gasteiger partial charge in [0, 0.05) is 25.7 Å². The molecule has 0 spiro atoms. The second-order valence-corrected chi connectivity index (χ2v) is 6.97. The highest BCUT2D eigenvalue weighted by Gasteiger charge is 2.22. The highest BCUT2D eigenvalue weighted by molar-refractivity contribution is 5.73. The Kier molecular flexibility index (Phi) is 4.24. The van der Waals surface area contributed by atoms with E-state index in [0.29, 0.717) is 24.1 Å². The minimum absolute atomic E-state index is 0.0120. The Morgan fingerprint density at radius 2 is 2.12 bits per heavy atom. The highest BCUT2D eigenvalue weighted by atomic mass is 16.5. The molecule has 4 rings (SSSR count). The van der Waals surface area contributed by atoms with Crippen LogP contribution < -0.4 is 10.3 Å². The maximum Gasteiger partial charge on any atom is 0.264 e. The molecule has 0 N–H and O–H groups in total. The first kappa shape index (κ1) is 16.8. The van der Waals surface area contributed by atoms with Crippen molar-refractivity contribution in [3.63, 3.8) is 0 Å². The van der Waals surface area contributed by atoms with Gasteiger partial charge in [-0.25, -0.2) is 9.67 Å². The van der Waals surface area contributed by atoms with Gasteiger partial charge in [-0.1, -0.05) is 12.1 Å². The van der Waals surface area contributed by atoms with E-state index >= 15 is 0 Å². The second kappa shape index (κ2) is 6.57. The minimum Gasteiger partial charge on any atom is -0.497 e. The first-order chi connectivity index (χ1) is 12.6. The number of fused-ring (bicyclic) bond motifs is 2. The van der Waals surface area contributed by atoms with Crippen LogP contribution in [0.5, 0.6) is 5.75 Å². The Hall–Kier alpha value is -2.67. The summed E-state index contributed by atoms with van der Waals surface area (Å²) in [5.41, 5.74) is 1.88. The normalized spacial score (nSPS) is 14.8. The molecule has 0 saturated heterocycles. The number of rotatable bonds is 4. The number of benzene rings is 1. The van der Waals surface area contributed by atoms with Gasteiger partial charge in [-0.2, -0.15) is 5.10 Å². The number of methoxy groups -OCH3 is 1. The van der Waals surface area contributed by atoms with Crippen molar-refractivity contribution < 1.29 is 4.74 Å². The van der Waals surface area contributed by atoms with Crippen molar-refractivity contribution in [2.75, 3.05) is 13.7 Å². The molecule has 0 fully saturated rings. The number of aromatic nitrogens is 4. The maximum absolute atomic E-state index is 12.8. The standard InChI is InChI=1S/C19H23N5O2/c1-13(2)24-18-16(10-20-24)19(25)23-8-7-22(12-17(23)21-18)11-14-5-4-6-15(9-14)26-3/h4-6,9-10,13H,7-8,11-12H2,1-3H3. The van der Waals surface area contributed by atoms with Gasteiger partial charge in [-0.15, -0.1) is 0 Å². The zero-order valence-electron chi connectivity index (χ0n) is 15.3. The van der Waals surface area contributed by atoms with E-state index in [1.807, 2.05) is 36.7 Å². The Morgan fingerprint density at radius 1 is 1.27 bits per heavy atom. The average Bonchev–Trinajstić information content (AvgIpc) is 3.06. The third-order valence-electron chi connectivity index (χ3n) is 4.83. The lowest BCUT2D eigenvalue weighted by molar-refractivity contribution is 0.204. The summed E-state index contributed by atoms with van der Waals surface area (Å²) in [5.74, 6) is 1.66. The second-order valence-electron chi connectivity index (χ2n) is 6.97. The lowest BCUT2D eigenvalue weighted by atomic mass is 10.2. The van der Waals surface area contributed by atoms with E-state index in [1.165, 1.54) is 5.56 Å². The van der Waals surface area contributed by atoms with E-state index in [4.69, 9.17) is 9.72 Å². The number of ether oxygens (including phenoxy) is 1. The fourth-order valence-corrected chi connectivity index (χ4v) is 3.48. The Labute approximate surface area is 151 Å². The van der Waals surface area contributed by atoms with Gasteiger partial charge in [-0.05, 0) is 31.5 Å². The lowest BCUT2D eigenvalue weighted by Gasteiger charge is -2.29. The average molecular weight is 353 g/mol. The van der Waals surface area contributed by atoms with Crippen molar-refractivity contribution in [3.8, 4) is 5.75 Å². The van der Waals surface area contributed by atoms with Crippen molar-refractivity contribution in [2.24, 2.45) is 0 Å². The summed E-state index contributed by atoms with van der Waals surface area (Å²) < 4.78 is 8.91. The Morgan fingerprint density at radius 3 is 2.88 bits per heavy atom. The van der Waals surface area contributed by atoms with Gasteiger partial charge in [0.15, 0.2) is 5.65 Å². The van der Waals surface area contributed by atoms with Crippen LogP contribution in [0.25, 0.3) is 11.0 Å². The van der Waals surface area contributed by atoms with Gasteiger partial charge in [0.25, 0.3) is 5.56 Å². The summed E-state index contributed by atoms with van der Waals surface area (Å²) in [7, 11) is 1.68. The molecule has 0 atom stereocenters. The van der Waals surface area contributed by atoms with Crippen molar-refractivity contribution in [2.45, 2.75) is 39.5 Å². The van der Waals surface area contributed by atoms with Crippen molar-refractivity contribution in [1.82, 2.24) is 24.2 Å². The summed E-state index contributed by atoms with van der Waals surface area (Å²) in [6, 6.07) is 8.25. The van der Waals surface area contributed by atoms with Gasteiger partial charge in [0.1, 0.15) is 17.0 Å². The first-order valence-electron chi connectivity index (χ1n) is 8.89. The highest BCUT2D eigenvalue weighted by Crippen LogP contribution is 2.19. The van der Waals surface area contributed by atoms with Crippen LogP contribution in [0.3, 0.4) is 0 Å². The molecule has 136 valence electrons. The Bertz CT molecular complexity index is 1000. The van der Waals surface area contributed by atoms with Crippen LogP contribution >= 0.6 is 0 Å². The van der Waals surface area contributed by atoms with Crippen LogP contribution in [0.4, 0.5) is 0 Å². The molecule has 0 saturated carbocycles. The van der Waals surface area contributed by atoms with Crippen molar-refractivity contribution >= 4 is 11.0 Å². The van der Waals surface area contributed by atoms with Crippen molar-refractivity contribution in [1.29, 1.82) is 0 Å². The largest absolute Gasteiger partial charge is 0.497 e. The van der Waals surface area contributed by atoms with Crippen molar-refractivity contribution in [3.05, 3.63) is 52.2 Å². The molecule has 1 aromatic carbocycles. The molecule has 26 heavy (non-hydrogen) atoms. The van der Waals surface area contributed by atoms with E-state index in [-0.39, 0.29) is 11.6 Å². The zero-order chi connectivity index (χ0) is 18.3. The molecule has 3 heterocycles. The zero-order valence-corrected chi connectivity index (χ0v) is 15.3. The Balaban J connectivity index is 1.65. The maximum atomic E-state index is 12.8. The molecular formula is C19H23N5O2. The van der Waals surface area contributed by atoms with E-state index < -0.39 is 0 Å². The molecule has 7 heteroatoms. The molecule has 0 bridgehead atoms. The predicted octanol–water partition coefficient (Wildman–Crippen LogP) is 2.20. The van der Waals surface area contributed by atoms with Gasteiger partial charge in [0.05, 0.1) is 19.9 Å². The van der Waals surface area contributed by atoms with E-state index in [0.717, 1.165) is 24.7 Å². The molecule has 0 amide bonds. The monoisotopic (exact) mass is 353 g/mol. The molecule has 3 aromatic rings. The van der Waals surface area contributed by atoms with Crippen LogP contribution in [0.1, 0.15) is 31.3 Å². The molecule has 1 aliphatic heterocycles. The molecule has 0 aliphatic carbocycles. The number of hydrogen-bond acceptors (Lipinski definition) is 5. The van der Waals surface area contributed by atoms with E-state index in [2.05, 4.69) is 16.1 Å². The summed E-state index contributed by atoms with van der Waals surface area (Å²) in [4.78, 5) is 19.9. The summed E-state index contributed by atoms with van der Waals surface area (Å²) in [6.45, 7) is 6.99. The van der Waals surface area contributed by atoms with E-state index in [9.17, 15) is 4.79 Å². The number of nitrogens with zero attached hydrogens (tertiary/aromatic N) is 5.